The van der Waals surface area contributed by atoms with Gasteiger partial charge >= 0.3 is 0 Å². The van der Waals surface area contributed by atoms with Crippen molar-refractivity contribution in [3.05, 3.63) is 119 Å². The molecule has 15 heteroatoms. The Kier molecular flexibility index (Phi) is 12.0. The van der Waals surface area contributed by atoms with E-state index in [0.29, 0.717) is 5.69 Å². The summed E-state index contributed by atoms with van der Waals surface area (Å²) in [5, 5.41) is 11.5. The molecule has 0 atom stereocenters. The molecule has 0 heterocycles. The van der Waals surface area contributed by atoms with E-state index in [1.807, 2.05) is 0 Å². The number of benzene rings is 4. The van der Waals surface area contributed by atoms with E-state index in [9.17, 15) is 35.2 Å². The van der Waals surface area contributed by atoms with Crippen molar-refractivity contribution in [3.63, 3.8) is 0 Å². The monoisotopic (exact) mass is 652 g/mol. The largest absolute Gasteiger partial charge is 0.399 e. The van der Waals surface area contributed by atoms with Crippen LogP contribution in [0.3, 0.4) is 0 Å². The Hall–Kier alpha value is -4.21. The van der Waals surface area contributed by atoms with Crippen LogP contribution in [-0.2, 0) is 20.0 Å². The van der Waals surface area contributed by atoms with Gasteiger partial charge in [-0.2, -0.15) is 0 Å². The molecule has 0 aliphatic rings. The number of amides is 1. The van der Waals surface area contributed by atoms with Crippen LogP contribution in [-0.4, -0.2) is 28.0 Å². The predicted octanol–water partition coefficient (Wildman–Crippen LogP) is 4.46. The fourth-order valence-electron chi connectivity index (χ4n) is 3.24. The van der Waals surface area contributed by atoms with Crippen molar-refractivity contribution in [2.45, 2.75) is 23.6 Å². The van der Waals surface area contributed by atoms with Gasteiger partial charge in [-0.25, -0.2) is 35.9 Å². The summed E-state index contributed by atoms with van der Waals surface area (Å²) in [6, 6.07) is 19.7. The number of nitrogen functional groups attached to an aromatic ring is 1. The fourth-order valence-corrected chi connectivity index (χ4v) is 4.52. The molecule has 4 aromatic rings. The lowest BCUT2D eigenvalue weighted by Crippen LogP contribution is -2.16. The van der Waals surface area contributed by atoms with E-state index in [1.54, 1.807) is 32.0 Å². The minimum atomic E-state index is -3.87. The molecule has 1 amide bonds. The first kappa shape index (κ1) is 35.0. The van der Waals surface area contributed by atoms with Crippen molar-refractivity contribution in [2.24, 2.45) is 10.3 Å². The first-order chi connectivity index (χ1) is 19.9. The second-order valence-corrected chi connectivity index (χ2v) is 12.4. The van der Waals surface area contributed by atoms with Crippen LogP contribution in [0.5, 0.6) is 0 Å². The Labute approximate surface area is 252 Å². The maximum Gasteiger partial charge on any atom is 0.258 e. The molecule has 0 aromatic heterocycles. The van der Waals surface area contributed by atoms with Crippen molar-refractivity contribution in [3.8, 4) is 0 Å². The number of carbonyl (C=O) groups is 2. The van der Waals surface area contributed by atoms with Gasteiger partial charge in [0.25, 0.3) is 11.1 Å². The second-order valence-electron chi connectivity index (χ2n) is 8.88. The Bertz CT molecular complexity index is 1870. The number of primary sulfonamides is 2. The van der Waals surface area contributed by atoms with E-state index in [1.165, 1.54) is 66.7 Å². The first-order valence-electron chi connectivity index (χ1n) is 11.9. The van der Waals surface area contributed by atoms with Crippen molar-refractivity contribution in [1.29, 1.82) is 0 Å². The van der Waals surface area contributed by atoms with Crippen molar-refractivity contribution >= 4 is 54.2 Å². The van der Waals surface area contributed by atoms with Crippen LogP contribution in [0.4, 0.5) is 20.2 Å². The number of hydrogen-bond acceptors (Lipinski definition) is 7. The van der Waals surface area contributed by atoms with Crippen LogP contribution in [0.1, 0.15) is 31.8 Å². The normalized spacial score (nSPS) is 10.9. The van der Waals surface area contributed by atoms with Gasteiger partial charge in [0.2, 0.25) is 20.0 Å². The number of hydrogen-bond donors (Lipinski definition) is 4. The molecule has 0 unspecified atom stereocenters. The van der Waals surface area contributed by atoms with Gasteiger partial charge in [-0.15, -0.1) is 0 Å². The average molecular weight is 653 g/mol. The average Bonchev–Trinajstić information content (AvgIpc) is 2.91. The number of aryl methyl sites for hydroxylation is 2. The van der Waals surface area contributed by atoms with Gasteiger partial charge in [0.05, 0.1) is 20.9 Å². The Morgan fingerprint density at radius 3 is 1.60 bits per heavy atom. The van der Waals surface area contributed by atoms with Crippen molar-refractivity contribution in [2.75, 3.05) is 11.1 Å². The van der Waals surface area contributed by atoms with Crippen LogP contribution in [0, 0.1) is 25.5 Å². The number of nitrogens with one attached hydrogen (secondary N) is 1. The van der Waals surface area contributed by atoms with Gasteiger partial charge in [-0.1, -0.05) is 35.4 Å². The molecule has 10 nitrogen and oxygen atoms in total. The quantitative estimate of drug-likeness (QED) is 0.180. The molecule has 0 aliphatic carbocycles. The molecule has 4 rings (SSSR count). The zero-order valence-electron chi connectivity index (χ0n) is 22.7. The first-order valence-corrected chi connectivity index (χ1v) is 15.4. The highest BCUT2D eigenvalue weighted by Crippen LogP contribution is 2.17. The third-order valence-electron chi connectivity index (χ3n) is 5.31. The Balaban J connectivity index is 0.000000247. The lowest BCUT2D eigenvalue weighted by Gasteiger charge is -2.08. The maximum absolute atomic E-state index is 13.6. The lowest BCUT2D eigenvalue weighted by molar-refractivity contribution is 0.102. The molecule has 0 saturated heterocycles. The maximum atomic E-state index is 13.6. The van der Waals surface area contributed by atoms with E-state index in [4.69, 9.17) is 27.6 Å². The van der Waals surface area contributed by atoms with E-state index >= 15 is 0 Å². The van der Waals surface area contributed by atoms with E-state index in [-0.39, 0.29) is 26.6 Å². The third kappa shape index (κ3) is 11.2. The fraction of sp³-hybridized carbons (Fsp3) is 0.0714. The van der Waals surface area contributed by atoms with Gasteiger partial charge in [-0.05, 0) is 86.1 Å². The van der Waals surface area contributed by atoms with Crippen LogP contribution in [0.2, 0.25) is 0 Å². The zero-order valence-corrected chi connectivity index (χ0v) is 25.1. The van der Waals surface area contributed by atoms with Gasteiger partial charge in [0, 0.05) is 11.4 Å². The molecular weight excluding hydrogens is 626 g/mol. The molecule has 4 aromatic carbocycles. The number of sulfonamides is 2. The predicted molar refractivity (Wildman–Crippen MR) is 160 cm³/mol. The summed E-state index contributed by atoms with van der Waals surface area (Å²) in [6.45, 7) is 3.50. The molecule has 0 radical (unpaired) electrons. The number of anilines is 2. The second kappa shape index (κ2) is 14.8. The van der Waals surface area contributed by atoms with Gasteiger partial charge < -0.3 is 11.1 Å². The highest BCUT2D eigenvalue weighted by molar-refractivity contribution is 7.89. The van der Waals surface area contributed by atoms with Gasteiger partial charge in [-0.3, -0.25) is 9.59 Å². The molecule has 43 heavy (non-hydrogen) atoms. The van der Waals surface area contributed by atoms with Crippen LogP contribution >= 0.6 is 11.6 Å². The lowest BCUT2D eigenvalue weighted by atomic mass is 10.1. The number of halogens is 3. The van der Waals surface area contributed by atoms with E-state index < -0.39 is 42.8 Å². The molecule has 7 N–H and O–H groups in total. The van der Waals surface area contributed by atoms with Crippen molar-refractivity contribution < 1.29 is 35.2 Å². The van der Waals surface area contributed by atoms with Gasteiger partial charge in [0.1, 0.15) is 11.6 Å². The molecule has 228 valence electrons. The number of carbonyl (C=O) groups excluding carboxylic acids is 2. The highest BCUT2D eigenvalue weighted by atomic mass is 35.5. The summed E-state index contributed by atoms with van der Waals surface area (Å²) < 4.78 is 70.2. The summed E-state index contributed by atoms with van der Waals surface area (Å²) in [6.07, 6.45) is 0. The summed E-state index contributed by atoms with van der Waals surface area (Å²) in [4.78, 5) is 22.5. The Morgan fingerprint density at radius 2 is 1.16 bits per heavy atom. The number of nitrogens with two attached hydrogens (primary N) is 3. The van der Waals surface area contributed by atoms with Crippen molar-refractivity contribution in [1.82, 2.24) is 0 Å². The molecule has 0 bridgehead atoms. The van der Waals surface area contributed by atoms with E-state index in [2.05, 4.69) is 5.32 Å². The highest BCUT2D eigenvalue weighted by Gasteiger charge is 2.14. The summed E-state index contributed by atoms with van der Waals surface area (Å²) in [5.41, 5.74) is 7.31. The van der Waals surface area contributed by atoms with Crippen LogP contribution in [0.15, 0.2) is 94.7 Å². The molecule has 0 spiro atoms. The topological polar surface area (TPSA) is 193 Å². The summed E-state index contributed by atoms with van der Waals surface area (Å²) in [5.74, 6) is -1.89. The molecule has 0 fully saturated rings. The zero-order chi connectivity index (χ0) is 32.5. The van der Waals surface area contributed by atoms with E-state index in [0.717, 1.165) is 11.1 Å². The Morgan fingerprint density at radius 1 is 0.698 bits per heavy atom. The standard InChI is InChI=1S/C14H13FN2O3S.C8H6ClFO.C6H8N2O2S/c1-9-5-6-13(15)12(7-9)14(18)17-10-3-2-4-11(8-10)21(16,19)20;1-5-2-3-7(10)6(4-5)8(9)11;7-5-2-1-3-6(4-5)11(8,9)10/h2-8H,1H3,(H,17,18)(H2,16,19,20);2-4H,1H3;1-4H,7H2,(H2,8,9,10). The van der Waals surface area contributed by atoms with Gasteiger partial charge in [0.15, 0.2) is 0 Å². The smallest absolute Gasteiger partial charge is 0.258 e. The van der Waals surface area contributed by atoms with Crippen LogP contribution in [0.25, 0.3) is 0 Å². The van der Waals surface area contributed by atoms with Crippen LogP contribution < -0.4 is 21.3 Å². The molecule has 0 saturated carbocycles. The summed E-state index contributed by atoms with van der Waals surface area (Å²) in [7, 11) is -7.47. The summed E-state index contributed by atoms with van der Waals surface area (Å²) >= 11 is 5.10. The molecular formula is C28H27ClF2N4O6S2. The minimum Gasteiger partial charge on any atom is -0.399 e. The molecule has 0 aliphatic heterocycles. The third-order valence-corrected chi connectivity index (χ3v) is 7.33. The minimum absolute atomic E-state index is 0.0394. The SMILES string of the molecule is Cc1ccc(F)c(C(=O)Cl)c1.Cc1ccc(F)c(C(=O)Nc2cccc(S(N)(=O)=O)c2)c1.Nc1cccc(S(N)(=O)=O)c1. The number of rotatable bonds is 5.